The van der Waals surface area contributed by atoms with Crippen LogP contribution in [0.4, 0.5) is 0 Å². The minimum Gasteiger partial charge on any atom is -0.497 e. The summed E-state index contributed by atoms with van der Waals surface area (Å²) in [7, 11) is 1.60. The highest BCUT2D eigenvalue weighted by molar-refractivity contribution is 6.32. The standard InChI is InChI=1S/C28H24ClNO5/c1-4-34-20-11-7-18(8-12-20)25-24-26(31)21-14-22(29)16(2)13-23(21)35-27(24)28(32)30(25)15-17-5-9-19(33-3)10-6-17/h5-14,25H,4,15H2,1-3H3. The maximum atomic E-state index is 13.7. The molecule has 1 unspecified atom stereocenters. The van der Waals surface area contributed by atoms with Crippen molar-refractivity contribution in [3.8, 4) is 11.5 Å². The third-order valence-corrected chi connectivity index (χ3v) is 6.67. The highest BCUT2D eigenvalue weighted by atomic mass is 35.5. The number of benzene rings is 3. The molecule has 0 fully saturated rings. The van der Waals surface area contributed by atoms with E-state index in [2.05, 4.69) is 0 Å². The number of nitrogens with zero attached hydrogens (tertiary/aromatic N) is 1. The molecule has 1 amide bonds. The average Bonchev–Trinajstić information content (AvgIpc) is 3.13. The molecule has 6 nitrogen and oxygen atoms in total. The van der Waals surface area contributed by atoms with Gasteiger partial charge in [0, 0.05) is 11.6 Å². The van der Waals surface area contributed by atoms with Gasteiger partial charge in [-0.2, -0.15) is 0 Å². The van der Waals surface area contributed by atoms with Crippen LogP contribution in [0.2, 0.25) is 5.02 Å². The van der Waals surface area contributed by atoms with Crippen LogP contribution in [0.25, 0.3) is 11.0 Å². The van der Waals surface area contributed by atoms with E-state index in [0.717, 1.165) is 28.2 Å². The number of amides is 1. The second-order valence-electron chi connectivity index (χ2n) is 8.46. The number of halogens is 1. The summed E-state index contributed by atoms with van der Waals surface area (Å²) in [6, 6.07) is 17.6. The molecule has 1 atom stereocenters. The predicted molar refractivity (Wildman–Crippen MR) is 135 cm³/mol. The molecule has 2 heterocycles. The lowest BCUT2D eigenvalue weighted by Gasteiger charge is -2.25. The zero-order valence-electron chi connectivity index (χ0n) is 19.6. The molecule has 0 N–H and O–H groups in total. The second-order valence-corrected chi connectivity index (χ2v) is 8.86. The summed E-state index contributed by atoms with van der Waals surface area (Å²) < 4.78 is 16.9. The molecule has 4 aromatic rings. The number of aryl methyl sites for hydroxylation is 1. The number of ether oxygens (including phenoxy) is 2. The molecule has 0 aliphatic carbocycles. The van der Waals surface area contributed by atoms with Crippen molar-refractivity contribution in [3.63, 3.8) is 0 Å². The van der Waals surface area contributed by atoms with Crippen molar-refractivity contribution in [3.05, 3.63) is 104 Å². The summed E-state index contributed by atoms with van der Waals surface area (Å²) in [4.78, 5) is 29.0. The van der Waals surface area contributed by atoms with Gasteiger partial charge in [0.05, 0.1) is 30.7 Å². The fourth-order valence-corrected chi connectivity index (χ4v) is 4.65. The molecule has 1 aliphatic heterocycles. The van der Waals surface area contributed by atoms with E-state index in [-0.39, 0.29) is 17.1 Å². The monoisotopic (exact) mass is 489 g/mol. The van der Waals surface area contributed by atoms with Crippen molar-refractivity contribution >= 4 is 28.5 Å². The van der Waals surface area contributed by atoms with Gasteiger partial charge in [-0.3, -0.25) is 9.59 Å². The number of carbonyl (C=O) groups is 1. The number of methoxy groups -OCH3 is 1. The summed E-state index contributed by atoms with van der Waals surface area (Å²) in [5, 5.41) is 0.830. The molecule has 3 aromatic carbocycles. The molecule has 0 saturated heterocycles. The third kappa shape index (κ3) is 4.04. The first-order valence-electron chi connectivity index (χ1n) is 11.3. The Labute approximate surface area is 207 Å². The Kier molecular flexibility index (Phi) is 5.99. The van der Waals surface area contributed by atoms with Crippen LogP contribution in [0.3, 0.4) is 0 Å². The van der Waals surface area contributed by atoms with Crippen LogP contribution < -0.4 is 14.9 Å². The fraction of sp³-hybridized carbons (Fsp3) is 0.214. The third-order valence-electron chi connectivity index (χ3n) is 6.27. The minimum absolute atomic E-state index is 0.0663. The quantitative estimate of drug-likeness (QED) is 0.337. The maximum Gasteiger partial charge on any atom is 0.291 e. The van der Waals surface area contributed by atoms with Crippen LogP contribution in [0, 0.1) is 6.92 Å². The molecule has 1 aromatic heterocycles. The predicted octanol–water partition coefficient (Wildman–Crippen LogP) is 5.91. The zero-order valence-corrected chi connectivity index (χ0v) is 20.4. The van der Waals surface area contributed by atoms with Crippen LogP contribution in [0.15, 0.2) is 69.9 Å². The molecule has 0 bridgehead atoms. The van der Waals surface area contributed by atoms with E-state index in [4.69, 9.17) is 25.5 Å². The van der Waals surface area contributed by atoms with Gasteiger partial charge in [0.15, 0.2) is 5.43 Å². The summed E-state index contributed by atoms with van der Waals surface area (Å²) in [5.74, 6) is 1.18. The molecular weight excluding hydrogens is 466 g/mol. The highest BCUT2D eigenvalue weighted by Crippen LogP contribution is 2.40. The number of fused-ring (bicyclic) bond motifs is 2. The van der Waals surface area contributed by atoms with E-state index in [1.54, 1.807) is 24.1 Å². The number of hydrogen-bond acceptors (Lipinski definition) is 5. The minimum atomic E-state index is -0.615. The first-order valence-corrected chi connectivity index (χ1v) is 11.7. The molecular formula is C28H24ClNO5. The van der Waals surface area contributed by atoms with E-state index in [0.29, 0.717) is 34.7 Å². The molecule has 0 radical (unpaired) electrons. The van der Waals surface area contributed by atoms with Crippen molar-refractivity contribution in [2.45, 2.75) is 26.4 Å². The van der Waals surface area contributed by atoms with Crippen LogP contribution >= 0.6 is 11.6 Å². The van der Waals surface area contributed by atoms with Crippen LogP contribution in [-0.2, 0) is 6.54 Å². The summed E-state index contributed by atoms with van der Waals surface area (Å²) in [6.07, 6.45) is 0. The highest BCUT2D eigenvalue weighted by Gasteiger charge is 2.42. The number of rotatable bonds is 6. The van der Waals surface area contributed by atoms with Crippen molar-refractivity contribution < 1.29 is 18.7 Å². The molecule has 178 valence electrons. The molecule has 35 heavy (non-hydrogen) atoms. The van der Waals surface area contributed by atoms with Crippen molar-refractivity contribution in [1.82, 2.24) is 4.90 Å². The largest absolute Gasteiger partial charge is 0.497 e. The van der Waals surface area contributed by atoms with E-state index >= 15 is 0 Å². The summed E-state index contributed by atoms with van der Waals surface area (Å²) in [5.41, 5.74) is 2.87. The van der Waals surface area contributed by atoms with Gasteiger partial charge in [0.25, 0.3) is 5.91 Å². The lowest BCUT2D eigenvalue weighted by atomic mass is 9.98. The van der Waals surface area contributed by atoms with Crippen molar-refractivity contribution in [1.29, 1.82) is 0 Å². The Morgan fingerprint density at radius 2 is 1.69 bits per heavy atom. The van der Waals surface area contributed by atoms with E-state index < -0.39 is 6.04 Å². The summed E-state index contributed by atoms with van der Waals surface area (Å²) in [6.45, 7) is 4.58. The molecule has 0 saturated carbocycles. The first kappa shape index (κ1) is 23.0. The number of hydrogen-bond donors (Lipinski definition) is 0. The van der Waals surface area contributed by atoms with Gasteiger partial charge in [-0.05, 0) is 66.9 Å². The SMILES string of the molecule is CCOc1ccc(C2c3c(oc4cc(C)c(Cl)cc4c3=O)C(=O)N2Cc2ccc(OC)cc2)cc1. The smallest absolute Gasteiger partial charge is 0.291 e. The molecule has 0 spiro atoms. The lowest BCUT2D eigenvalue weighted by Crippen LogP contribution is -2.29. The Balaban J connectivity index is 1.67. The van der Waals surface area contributed by atoms with Gasteiger partial charge < -0.3 is 18.8 Å². The first-order chi connectivity index (χ1) is 16.9. The Morgan fingerprint density at radius 1 is 1.00 bits per heavy atom. The van der Waals surface area contributed by atoms with E-state index in [1.807, 2.05) is 62.4 Å². The molecule has 7 heteroatoms. The van der Waals surface area contributed by atoms with Crippen molar-refractivity contribution in [2.24, 2.45) is 0 Å². The van der Waals surface area contributed by atoms with Gasteiger partial charge >= 0.3 is 0 Å². The van der Waals surface area contributed by atoms with Crippen LogP contribution in [0.1, 0.15) is 45.8 Å². The Bertz CT molecular complexity index is 1470. The molecule has 5 rings (SSSR count). The normalized spacial score (nSPS) is 14.9. The van der Waals surface area contributed by atoms with Gasteiger partial charge in [-0.25, -0.2) is 0 Å². The Hall–Kier alpha value is -3.77. The molecule has 1 aliphatic rings. The van der Waals surface area contributed by atoms with Gasteiger partial charge in [0.1, 0.15) is 17.1 Å². The average molecular weight is 490 g/mol. The summed E-state index contributed by atoms with van der Waals surface area (Å²) >= 11 is 6.32. The fourth-order valence-electron chi connectivity index (χ4n) is 4.49. The van der Waals surface area contributed by atoms with Crippen molar-refractivity contribution in [2.75, 3.05) is 13.7 Å². The van der Waals surface area contributed by atoms with Crippen LogP contribution in [-0.4, -0.2) is 24.5 Å². The number of carbonyl (C=O) groups excluding carboxylic acids is 1. The van der Waals surface area contributed by atoms with Gasteiger partial charge in [-0.15, -0.1) is 0 Å². The zero-order chi connectivity index (χ0) is 24.7. The van der Waals surface area contributed by atoms with Crippen LogP contribution in [0.5, 0.6) is 11.5 Å². The lowest BCUT2D eigenvalue weighted by molar-refractivity contribution is 0.0714. The van der Waals surface area contributed by atoms with E-state index in [1.165, 1.54) is 0 Å². The topological polar surface area (TPSA) is 69.0 Å². The maximum absolute atomic E-state index is 13.7. The van der Waals surface area contributed by atoms with E-state index in [9.17, 15) is 9.59 Å². The van der Waals surface area contributed by atoms with Gasteiger partial charge in [-0.1, -0.05) is 35.9 Å². The second kappa shape index (κ2) is 9.12. The Morgan fingerprint density at radius 3 is 2.34 bits per heavy atom. The van der Waals surface area contributed by atoms with Gasteiger partial charge in [0.2, 0.25) is 5.76 Å².